The molecule has 0 spiro atoms. The first-order valence-electron chi connectivity index (χ1n) is 9.42. The number of rotatable bonds is 5. The van der Waals surface area contributed by atoms with Crippen molar-refractivity contribution in [3.63, 3.8) is 0 Å². The van der Waals surface area contributed by atoms with Crippen molar-refractivity contribution >= 4 is 15.9 Å². The molecule has 0 saturated carbocycles. The Balaban J connectivity index is 1.71. The standard InChI is InChI=1S/C19H29N3O3S/c1-21(2)13-11-20-19(23)22-12-5-8-16(14-22)26(24,25)18-10-4-7-15-6-3-9-17(15)18/h4,7,10,16H,3,5-6,8-9,11-14H2,1-2H3,(H,20,23). The highest BCUT2D eigenvalue weighted by Crippen LogP contribution is 2.32. The molecule has 2 amide bonds. The number of likely N-dealkylation sites (N-methyl/N-ethyl adjacent to an activating group) is 1. The number of sulfone groups is 1. The summed E-state index contributed by atoms with van der Waals surface area (Å²) in [6.07, 6.45) is 4.16. The van der Waals surface area contributed by atoms with Gasteiger partial charge in [0, 0.05) is 26.2 Å². The third-order valence-electron chi connectivity index (χ3n) is 5.35. The molecular formula is C19H29N3O3S. The molecule has 1 atom stereocenters. The fraction of sp³-hybridized carbons (Fsp3) is 0.632. The fourth-order valence-corrected chi connectivity index (χ4v) is 5.96. The normalized spacial score (nSPS) is 20.3. The van der Waals surface area contributed by atoms with Crippen LogP contribution in [0.4, 0.5) is 4.79 Å². The van der Waals surface area contributed by atoms with Crippen molar-refractivity contribution in [3.8, 4) is 0 Å². The number of nitrogens with zero attached hydrogens (tertiary/aromatic N) is 2. The van der Waals surface area contributed by atoms with Gasteiger partial charge < -0.3 is 15.1 Å². The Hall–Kier alpha value is -1.60. The fourth-order valence-electron chi connectivity index (χ4n) is 3.90. The number of amides is 2. The highest BCUT2D eigenvalue weighted by molar-refractivity contribution is 7.92. The maximum atomic E-state index is 13.3. The molecule has 26 heavy (non-hydrogen) atoms. The monoisotopic (exact) mass is 379 g/mol. The van der Waals surface area contributed by atoms with Crippen molar-refractivity contribution in [2.24, 2.45) is 0 Å². The van der Waals surface area contributed by atoms with Crippen LogP contribution in [0.25, 0.3) is 0 Å². The van der Waals surface area contributed by atoms with Gasteiger partial charge in [0.1, 0.15) is 0 Å². The SMILES string of the molecule is CN(C)CCNC(=O)N1CCCC(S(=O)(=O)c2cccc3c2CCC3)C1. The van der Waals surface area contributed by atoms with E-state index >= 15 is 0 Å². The van der Waals surface area contributed by atoms with Crippen LogP contribution in [0.1, 0.15) is 30.4 Å². The summed E-state index contributed by atoms with van der Waals surface area (Å²) in [5, 5.41) is 2.38. The average molecular weight is 380 g/mol. The Kier molecular flexibility index (Phi) is 5.87. The quantitative estimate of drug-likeness (QED) is 0.845. The Labute approximate surface area is 156 Å². The van der Waals surface area contributed by atoms with Crippen molar-refractivity contribution in [3.05, 3.63) is 29.3 Å². The lowest BCUT2D eigenvalue weighted by Gasteiger charge is -2.33. The summed E-state index contributed by atoms with van der Waals surface area (Å²) in [7, 11) is 0.487. The number of nitrogens with one attached hydrogen (secondary N) is 1. The molecule has 1 heterocycles. The van der Waals surface area contributed by atoms with Gasteiger partial charge in [-0.2, -0.15) is 0 Å². The average Bonchev–Trinajstić information content (AvgIpc) is 3.10. The summed E-state index contributed by atoms with van der Waals surface area (Å²) in [6.45, 7) is 2.22. The summed E-state index contributed by atoms with van der Waals surface area (Å²) in [6, 6.07) is 5.47. The molecule has 1 aromatic rings. The molecule has 1 aromatic carbocycles. The summed E-state index contributed by atoms with van der Waals surface area (Å²) >= 11 is 0. The van der Waals surface area contributed by atoms with Gasteiger partial charge >= 0.3 is 6.03 Å². The van der Waals surface area contributed by atoms with Gasteiger partial charge in [-0.25, -0.2) is 13.2 Å². The van der Waals surface area contributed by atoms with Gasteiger partial charge in [-0.3, -0.25) is 0 Å². The predicted molar refractivity (Wildman–Crippen MR) is 102 cm³/mol. The van der Waals surface area contributed by atoms with Gasteiger partial charge in [0.2, 0.25) is 0 Å². The van der Waals surface area contributed by atoms with E-state index in [4.69, 9.17) is 0 Å². The van der Waals surface area contributed by atoms with Crippen molar-refractivity contribution in [2.75, 3.05) is 40.3 Å². The van der Waals surface area contributed by atoms with E-state index < -0.39 is 15.1 Å². The minimum absolute atomic E-state index is 0.162. The van der Waals surface area contributed by atoms with E-state index in [0.29, 0.717) is 24.4 Å². The van der Waals surface area contributed by atoms with Gasteiger partial charge in [-0.1, -0.05) is 12.1 Å². The maximum absolute atomic E-state index is 13.3. The Morgan fingerprint density at radius 1 is 1.27 bits per heavy atom. The number of aryl methyl sites for hydroxylation is 1. The molecule has 1 unspecified atom stereocenters. The number of piperidine rings is 1. The van der Waals surface area contributed by atoms with Crippen LogP contribution in [0, 0.1) is 0 Å². The van der Waals surface area contributed by atoms with E-state index in [-0.39, 0.29) is 12.6 Å². The van der Waals surface area contributed by atoms with E-state index in [1.165, 1.54) is 5.56 Å². The lowest BCUT2D eigenvalue weighted by molar-refractivity contribution is 0.186. The van der Waals surface area contributed by atoms with Gasteiger partial charge in [-0.15, -0.1) is 0 Å². The minimum Gasteiger partial charge on any atom is -0.337 e. The maximum Gasteiger partial charge on any atom is 0.317 e. The molecule has 6 nitrogen and oxygen atoms in total. The summed E-state index contributed by atoms with van der Waals surface area (Å²) in [5.74, 6) is 0. The summed E-state index contributed by atoms with van der Waals surface area (Å²) < 4.78 is 26.5. The van der Waals surface area contributed by atoms with Crippen molar-refractivity contribution in [1.29, 1.82) is 0 Å². The van der Waals surface area contributed by atoms with Crippen molar-refractivity contribution in [1.82, 2.24) is 15.1 Å². The highest BCUT2D eigenvalue weighted by Gasteiger charge is 2.35. The largest absolute Gasteiger partial charge is 0.337 e. The first kappa shape index (κ1) is 19.2. The van der Waals surface area contributed by atoms with Crippen LogP contribution >= 0.6 is 0 Å². The molecule has 1 aliphatic heterocycles. The molecule has 0 bridgehead atoms. The molecule has 1 N–H and O–H groups in total. The molecular weight excluding hydrogens is 350 g/mol. The minimum atomic E-state index is -3.42. The van der Waals surface area contributed by atoms with E-state index in [1.807, 2.05) is 31.1 Å². The Morgan fingerprint density at radius 2 is 2.08 bits per heavy atom. The molecule has 0 radical (unpaired) electrons. The first-order chi connectivity index (χ1) is 12.4. The van der Waals surface area contributed by atoms with Gasteiger partial charge in [0.05, 0.1) is 10.1 Å². The number of hydrogen-bond donors (Lipinski definition) is 1. The molecule has 3 rings (SSSR count). The second-order valence-corrected chi connectivity index (χ2v) is 9.73. The van der Waals surface area contributed by atoms with Crippen LogP contribution in [0.3, 0.4) is 0 Å². The number of urea groups is 1. The van der Waals surface area contributed by atoms with E-state index in [9.17, 15) is 13.2 Å². The number of likely N-dealkylation sites (tertiary alicyclic amines) is 1. The van der Waals surface area contributed by atoms with Crippen LogP contribution in [0.15, 0.2) is 23.1 Å². The number of carbonyl (C=O) groups excluding carboxylic acids is 1. The van der Waals surface area contributed by atoms with Gasteiger partial charge in [0.15, 0.2) is 9.84 Å². The van der Waals surface area contributed by atoms with E-state index in [2.05, 4.69) is 5.32 Å². The number of carbonyl (C=O) groups is 1. The zero-order valence-electron chi connectivity index (χ0n) is 15.7. The lowest BCUT2D eigenvalue weighted by atomic mass is 10.1. The Bertz CT molecular complexity index is 761. The number of benzene rings is 1. The zero-order chi connectivity index (χ0) is 18.7. The first-order valence-corrected chi connectivity index (χ1v) is 11.0. The molecule has 2 aliphatic rings. The smallest absolute Gasteiger partial charge is 0.317 e. The second kappa shape index (κ2) is 7.96. The molecule has 0 aromatic heterocycles. The van der Waals surface area contributed by atoms with Gasteiger partial charge in [0.25, 0.3) is 0 Å². The highest BCUT2D eigenvalue weighted by atomic mass is 32.2. The molecule has 144 valence electrons. The van der Waals surface area contributed by atoms with Gasteiger partial charge in [-0.05, 0) is 63.4 Å². The van der Waals surface area contributed by atoms with Crippen LogP contribution < -0.4 is 5.32 Å². The van der Waals surface area contributed by atoms with E-state index in [0.717, 1.165) is 37.8 Å². The lowest BCUT2D eigenvalue weighted by Crippen LogP contribution is -2.50. The van der Waals surface area contributed by atoms with Crippen molar-refractivity contribution in [2.45, 2.75) is 42.2 Å². The number of fused-ring (bicyclic) bond motifs is 1. The molecule has 1 fully saturated rings. The summed E-state index contributed by atoms with van der Waals surface area (Å²) in [5.41, 5.74) is 2.17. The topological polar surface area (TPSA) is 69.7 Å². The second-order valence-electron chi connectivity index (χ2n) is 7.54. The third-order valence-corrected chi connectivity index (χ3v) is 7.61. The number of hydrogen-bond acceptors (Lipinski definition) is 4. The summed E-state index contributed by atoms with van der Waals surface area (Å²) in [4.78, 5) is 16.5. The zero-order valence-corrected chi connectivity index (χ0v) is 16.5. The van der Waals surface area contributed by atoms with Crippen LogP contribution in [0.2, 0.25) is 0 Å². The van der Waals surface area contributed by atoms with Crippen LogP contribution in [-0.4, -0.2) is 69.8 Å². The molecule has 1 aliphatic carbocycles. The Morgan fingerprint density at radius 3 is 2.85 bits per heavy atom. The van der Waals surface area contributed by atoms with Crippen LogP contribution in [0.5, 0.6) is 0 Å². The van der Waals surface area contributed by atoms with Crippen LogP contribution in [-0.2, 0) is 22.7 Å². The molecule has 1 saturated heterocycles. The molecule has 7 heteroatoms. The van der Waals surface area contributed by atoms with Crippen molar-refractivity contribution < 1.29 is 13.2 Å². The third kappa shape index (κ3) is 4.04. The predicted octanol–water partition coefficient (Wildman–Crippen LogP) is 1.68. The van der Waals surface area contributed by atoms with E-state index in [1.54, 1.807) is 11.0 Å².